The van der Waals surface area contributed by atoms with Crippen molar-refractivity contribution in [3.05, 3.63) is 69.8 Å². The van der Waals surface area contributed by atoms with E-state index in [2.05, 4.69) is 4.98 Å². The van der Waals surface area contributed by atoms with Gasteiger partial charge in [0.1, 0.15) is 0 Å². The molecule has 0 aliphatic rings. The number of ether oxygens (including phenoxy) is 1. The third-order valence-corrected chi connectivity index (χ3v) is 2.71. The summed E-state index contributed by atoms with van der Waals surface area (Å²) in [6.45, 7) is 0.664. The molecule has 0 saturated carbocycles. The highest BCUT2D eigenvalue weighted by Crippen LogP contribution is 2.18. The third-order valence-electron chi connectivity index (χ3n) is 2.71. The van der Waals surface area contributed by atoms with Gasteiger partial charge in [-0.25, -0.2) is 0 Å². The molecule has 0 atom stereocenters. The second-order valence-corrected chi connectivity index (χ2v) is 4.17. The lowest BCUT2D eigenvalue weighted by molar-refractivity contribution is -0.387. The van der Waals surface area contributed by atoms with Gasteiger partial charge in [0.2, 0.25) is 5.82 Å². The minimum Gasteiger partial charge on any atom is -0.376 e. The van der Waals surface area contributed by atoms with Crippen molar-refractivity contribution < 1.29 is 14.1 Å². The maximum Gasteiger partial charge on any atom is 0.304 e. The van der Waals surface area contributed by atoms with E-state index in [1.807, 2.05) is 18.2 Å². The Morgan fingerprint density at radius 1 is 1.30 bits per heavy atom. The van der Waals surface area contributed by atoms with Gasteiger partial charge < -0.3 is 4.74 Å². The van der Waals surface area contributed by atoms with Crippen molar-refractivity contribution in [2.75, 3.05) is 6.61 Å². The van der Waals surface area contributed by atoms with E-state index in [0.717, 1.165) is 17.8 Å². The molecule has 2 aromatic rings. The molecule has 0 radical (unpaired) electrons. The zero-order chi connectivity index (χ0) is 14.4. The number of rotatable bonds is 6. The van der Waals surface area contributed by atoms with Crippen LogP contribution in [0.4, 0.5) is 10.1 Å². The van der Waals surface area contributed by atoms with Crippen molar-refractivity contribution in [2.45, 2.75) is 13.0 Å². The highest BCUT2D eigenvalue weighted by atomic mass is 19.1. The Labute approximate surface area is 115 Å². The van der Waals surface area contributed by atoms with Gasteiger partial charge in [0.25, 0.3) is 0 Å². The summed E-state index contributed by atoms with van der Waals surface area (Å²) in [6, 6.07) is 9.39. The quantitative estimate of drug-likeness (QED) is 0.462. The summed E-state index contributed by atoms with van der Waals surface area (Å²) in [5.74, 6) is -0.846. The molecule has 0 fully saturated rings. The van der Waals surface area contributed by atoms with Crippen molar-refractivity contribution in [3.8, 4) is 0 Å². The van der Waals surface area contributed by atoms with Gasteiger partial charge >= 0.3 is 5.69 Å². The second-order valence-electron chi connectivity index (χ2n) is 4.17. The average molecular weight is 276 g/mol. The summed E-state index contributed by atoms with van der Waals surface area (Å²) in [5, 5.41) is 10.5. The molecule has 0 aliphatic carbocycles. The maximum absolute atomic E-state index is 13.4. The monoisotopic (exact) mass is 276 g/mol. The summed E-state index contributed by atoms with van der Waals surface area (Å²) in [7, 11) is 0. The molecule has 0 unspecified atom stereocenters. The number of nitro groups is 1. The molecule has 0 spiro atoms. The number of halogens is 1. The van der Waals surface area contributed by atoms with Gasteiger partial charge in [0.05, 0.1) is 18.1 Å². The molecule has 0 saturated heterocycles. The van der Waals surface area contributed by atoms with Crippen LogP contribution in [-0.4, -0.2) is 16.5 Å². The maximum atomic E-state index is 13.4. The van der Waals surface area contributed by atoms with Crippen LogP contribution >= 0.6 is 0 Å². The molecule has 0 bridgehead atoms. The van der Waals surface area contributed by atoms with Crippen molar-refractivity contribution in [3.63, 3.8) is 0 Å². The second kappa shape index (κ2) is 6.72. The van der Waals surface area contributed by atoms with E-state index < -0.39 is 16.4 Å². The van der Waals surface area contributed by atoms with E-state index in [-0.39, 0.29) is 6.61 Å². The van der Waals surface area contributed by atoms with Gasteiger partial charge in [-0.1, -0.05) is 6.07 Å². The number of nitro benzene ring substituents is 1. The largest absolute Gasteiger partial charge is 0.376 e. The highest BCUT2D eigenvalue weighted by molar-refractivity contribution is 5.34. The summed E-state index contributed by atoms with van der Waals surface area (Å²) in [6.07, 6.45) is 2.37. The normalized spacial score (nSPS) is 10.4. The van der Waals surface area contributed by atoms with Crippen LogP contribution in [0.3, 0.4) is 0 Å². The van der Waals surface area contributed by atoms with Crippen LogP contribution < -0.4 is 0 Å². The van der Waals surface area contributed by atoms with E-state index in [4.69, 9.17) is 4.74 Å². The van der Waals surface area contributed by atoms with Crippen LogP contribution in [0.5, 0.6) is 0 Å². The Hall–Kier alpha value is -2.34. The van der Waals surface area contributed by atoms with E-state index in [0.29, 0.717) is 18.6 Å². The minimum atomic E-state index is -0.846. The molecular formula is C14H13FN2O3. The number of pyridine rings is 1. The van der Waals surface area contributed by atoms with Gasteiger partial charge in [-0.2, -0.15) is 4.39 Å². The number of aromatic nitrogens is 1. The fraction of sp³-hybridized carbons (Fsp3) is 0.214. The van der Waals surface area contributed by atoms with Crippen LogP contribution in [0.15, 0.2) is 42.6 Å². The van der Waals surface area contributed by atoms with Gasteiger partial charge in [-0.3, -0.25) is 15.1 Å². The topological polar surface area (TPSA) is 65.3 Å². The van der Waals surface area contributed by atoms with E-state index in [1.165, 1.54) is 6.07 Å². The standard InChI is InChI=1S/C14H13FN2O3/c15-13-9-11(4-5-14(13)17(18)19)10-20-8-6-12-3-1-2-7-16-12/h1-5,7,9H,6,8,10H2. The Kier molecular flexibility index (Phi) is 4.73. The third kappa shape index (κ3) is 3.83. The van der Waals surface area contributed by atoms with Crippen LogP contribution in [0.1, 0.15) is 11.3 Å². The molecule has 20 heavy (non-hydrogen) atoms. The lowest BCUT2D eigenvalue weighted by Crippen LogP contribution is -2.01. The predicted molar refractivity (Wildman–Crippen MR) is 70.7 cm³/mol. The first kappa shape index (κ1) is 14.1. The molecule has 0 N–H and O–H groups in total. The fourth-order valence-corrected chi connectivity index (χ4v) is 1.70. The number of hydrogen-bond donors (Lipinski definition) is 0. The first-order chi connectivity index (χ1) is 9.66. The Morgan fingerprint density at radius 2 is 2.15 bits per heavy atom. The van der Waals surface area contributed by atoms with Gasteiger partial charge in [-0.15, -0.1) is 0 Å². The lowest BCUT2D eigenvalue weighted by Gasteiger charge is -2.04. The van der Waals surface area contributed by atoms with Crippen molar-refractivity contribution in [2.24, 2.45) is 0 Å². The van der Waals surface area contributed by atoms with Crippen molar-refractivity contribution in [1.82, 2.24) is 4.98 Å². The molecular weight excluding hydrogens is 263 g/mol. The molecule has 2 rings (SSSR count). The van der Waals surface area contributed by atoms with Gasteiger partial charge in [0.15, 0.2) is 0 Å². The molecule has 5 nitrogen and oxygen atoms in total. The molecule has 6 heteroatoms. The Balaban J connectivity index is 1.83. The van der Waals surface area contributed by atoms with E-state index >= 15 is 0 Å². The number of benzene rings is 1. The smallest absolute Gasteiger partial charge is 0.304 e. The van der Waals surface area contributed by atoms with Crippen LogP contribution in [0, 0.1) is 15.9 Å². The van der Waals surface area contributed by atoms with E-state index in [9.17, 15) is 14.5 Å². The first-order valence-electron chi connectivity index (χ1n) is 6.07. The molecule has 0 amide bonds. The van der Waals surface area contributed by atoms with Crippen molar-refractivity contribution >= 4 is 5.69 Å². The zero-order valence-corrected chi connectivity index (χ0v) is 10.7. The molecule has 1 aromatic heterocycles. The van der Waals surface area contributed by atoms with Crippen LogP contribution in [0.25, 0.3) is 0 Å². The summed E-state index contributed by atoms with van der Waals surface area (Å²) in [5.41, 5.74) is 0.957. The number of nitrogens with zero attached hydrogens (tertiary/aromatic N) is 2. The molecule has 1 heterocycles. The molecule has 0 aliphatic heterocycles. The average Bonchev–Trinajstić information content (AvgIpc) is 2.44. The lowest BCUT2D eigenvalue weighted by atomic mass is 10.2. The summed E-state index contributed by atoms with van der Waals surface area (Å²) in [4.78, 5) is 13.9. The van der Waals surface area contributed by atoms with Gasteiger partial charge in [-0.05, 0) is 29.8 Å². The minimum absolute atomic E-state index is 0.210. The Bertz CT molecular complexity index is 590. The van der Waals surface area contributed by atoms with Crippen LogP contribution in [-0.2, 0) is 17.8 Å². The van der Waals surface area contributed by atoms with Crippen LogP contribution in [0.2, 0.25) is 0 Å². The fourth-order valence-electron chi connectivity index (χ4n) is 1.70. The summed E-state index contributed by atoms with van der Waals surface area (Å²) < 4.78 is 18.8. The number of hydrogen-bond acceptors (Lipinski definition) is 4. The molecule has 1 aromatic carbocycles. The summed E-state index contributed by atoms with van der Waals surface area (Å²) >= 11 is 0. The highest BCUT2D eigenvalue weighted by Gasteiger charge is 2.13. The predicted octanol–water partition coefficient (Wildman–Crippen LogP) is 2.89. The van der Waals surface area contributed by atoms with E-state index in [1.54, 1.807) is 6.20 Å². The Morgan fingerprint density at radius 3 is 2.80 bits per heavy atom. The van der Waals surface area contributed by atoms with Gasteiger partial charge in [0, 0.05) is 24.4 Å². The van der Waals surface area contributed by atoms with Crippen molar-refractivity contribution in [1.29, 1.82) is 0 Å². The first-order valence-corrected chi connectivity index (χ1v) is 6.07. The zero-order valence-electron chi connectivity index (χ0n) is 10.7. The SMILES string of the molecule is O=[N+]([O-])c1ccc(COCCc2ccccn2)cc1F. The molecule has 104 valence electrons.